The van der Waals surface area contributed by atoms with Gasteiger partial charge < -0.3 is 24.8 Å². The molecule has 0 aliphatic heterocycles. The van der Waals surface area contributed by atoms with Gasteiger partial charge in [0.2, 0.25) is 0 Å². The third kappa shape index (κ3) is 7.28. The van der Waals surface area contributed by atoms with E-state index >= 15 is 0 Å². The Morgan fingerprint density at radius 3 is 2.81 bits per heavy atom. The molecular weight excluding hydrogens is 368 g/mol. The molecule has 0 saturated heterocycles. The summed E-state index contributed by atoms with van der Waals surface area (Å²) in [6, 6.07) is 6.98. The second kappa shape index (κ2) is 11.5. The molecule has 1 aliphatic rings. The number of hydrogen-bond acceptors (Lipinski definition) is 5. The Bertz CT molecular complexity index is 618. The molecule has 5 atom stereocenters. The normalized spacial score (nSPS) is 26.9. The van der Waals surface area contributed by atoms with Crippen molar-refractivity contribution in [3.8, 4) is 5.75 Å². The van der Waals surface area contributed by atoms with Gasteiger partial charge in [0.05, 0.1) is 18.8 Å². The van der Waals surface area contributed by atoms with Crippen LogP contribution in [0.15, 0.2) is 48.6 Å². The third-order valence-electron chi connectivity index (χ3n) is 4.68. The minimum atomic E-state index is -0.817. The molecule has 3 N–H and O–H groups in total. The topological polar surface area (TPSA) is 79.2 Å². The molecule has 0 spiro atoms. The maximum Gasteiger partial charge on any atom is 0.120 e. The van der Waals surface area contributed by atoms with Crippen molar-refractivity contribution in [1.29, 1.82) is 0 Å². The van der Waals surface area contributed by atoms with Gasteiger partial charge in [-0.25, -0.2) is 0 Å². The smallest absolute Gasteiger partial charge is 0.120 e. The van der Waals surface area contributed by atoms with E-state index in [1.165, 1.54) is 0 Å². The van der Waals surface area contributed by atoms with Crippen LogP contribution in [0.4, 0.5) is 0 Å². The lowest BCUT2D eigenvalue weighted by atomic mass is 9.90. The average molecular weight is 397 g/mol. The van der Waals surface area contributed by atoms with Gasteiger partial charge >= 0.3 is 0 Å². The molecule has 6 heteroatoms. The van der Waals surface area contributed by atoms with Crippen molar-refractivity contribution in [2.45, 2.75) is 38.1 Å². The molecule has 5 nitrogen and oxygen atoms in total. The maximum atomic E-state index is 10.2. The lowest BCUT2D eigenvalue weighted by molar-refractivity contribution is 0.120. The van der Waals surface area contributed by atoms with Gasteiger partial charge in [0, 0.05) is 24.0 Å². The summed E-state index contributed by atoms with van der Waals surface area (Å²) in [6.07, 6.45) is 6.29. The second-order valence-electron chi connectivity index (χ2n) is 6.70. The zero-order valence-corrected chi connectivity index (χ0v) is 16.3. The molecule has 0 heterocycles. The van der Waals surface area contributed by atoms with Crippen molar-refractivity contribution in [3.63, 3.8) is 0 Å². The summed E-state index contributed by atoms with van der Waals surface area (Å²) in [4.78, 5) is 0. The summed E-state index contributed by atoms with van der Waals surface area (Å²) >= 11 is 5.90. The second-order valence-corrected chi connectivity index (χ2v) is 7.14. The summed E-state index contributed by atoms with van der Waals surface area (Å²) in [5.41, 5.74) is 0. The van der Waals surface area contributed by atoms with Crippen LogP contribution in [0.3, 0.4) is 0 Å². The van der Waals surface area contributed by atoms with Crippen molar-refractivity contribution in [3.05, 3.63) is 53.6 Å². The van der Waals surface area contributed by atoms with Crippen LogP contribution in [0.2, 0.25) is 5.02 Å². The van der Waals surface area contributed by atoms with E-state index in [1.807, 2.05) is 19.1 Å². The fourth-order valence-electron chi connectivity index (χ4n) is 3.26. The highest BCUT2D eigenvalue weighted by molar-refractivity contribution is 6.30. The Morgan fingerprint density at radius 1 is 1.26 bits per heavy atom. The highest BCUT2D eigenvalue weighted by Gasteiger charge is 2.39. The maximum absolute atomic E-state index is 10.2. The van der Waals surface area contributed by atoms with Gasteiger partial charge in [-0.1, -0.05) is 42.0 Å². The largest absolute Gasteiger partial charge is 0.491 e. The van der Waals surface area contributed by atoms with E-state index in [9.17, 15) is 15.3 Å². The molecule has 0 unspecified atom stereocenters. The first-order chi connectivity index (χ1) is 13.0. The molecular formula is C21H29ClO5. The summed E-state index contributed by atoms with van der Waals surface area (Å²) in [7, 11) is 0. The molecule has 1 saturated carbocycles. The molecule has 0 amide bonds. The van der Waals surface area contributed by atoms with Crippen molar-refractivity contribution in [2.75, 3.05) is 19.8 Å². The van der Waals surface area contributed by atoms with E-state index < -0.39 is 18.3 Å². The minimum Gasteiger partial charge on any atom is -0.491 e. The monoisotopic (exact) mass is 396 g/mol. The van der Waals surface area contributed by atoms with Crippen LogP contribution in [0.25, 0.3) is 0 Å². The number of hydrogen-bond donors (Lipinski definition) is 3. The fourth-order valence-corrected chi connectivity index (χ4v) is 3.44. The highest BCUT2D eigenvalue weighted by atomic mass is 35.5. The Kier molecular flexibility index (Phi) is 9.31. The number of aliphatic hydroxyl groups excluding tert-OH is 3. The quantitative estimate of drug-likeness (QED) is 0.418. The van der Waals surface area contributed by atoms with Crippen LogP contribution in [0.1, 0.15) is 19.8 Å². The number of ether oxygens (including phenoxy) is 2. The molecule has 2 rings (SSSR count). The molecule has 150 valence electrons. The molecule has 27 heavy (non-hydrogen) atoms. The average Bonchev–Trinajstić information content (AvgIpc) is 2.91. The number of allylic oxidation sites excluding steroid dienone is 1. The van der Waals surface area contributed by atoms with E-state index in [2.05, 4.69) is 0 Å². The van der Waals surface area contributed by atoms with Crippen molar-refractivity contribution < 1.29 is 24.8 Å². The van der Waals surface area contributed by atoms with Gasteiger partial charge in [0.25, 0.3) is 0 Å². The van der Waals surface area contributed by atoms with Gasteiger partial charge in [-0.2, -0.15) is 0 Å². The summed E-state index contributed by atoms with van der Waals surface area (Å²) < 4.78 is 10.8. The van der Waals surface area contributed by atoms with E-state index in [0.29, 0.717) is 36.8 Å². The first-order valence-electron chi connectivity index (χ1n) is 9.35. The predicted molar refractivity (Wildman–Crippen MR) is 106 cm³/mol. The van der Waals surface area contributed by atoms with Crippen LogP contribution < -0.4 is 4.74 Å². The van der Waals surface area contributed by atoms with Crippen LogP contribution in [-0.4, -0.2) is 53.5 Å². The lowest BCUT2D eigenvalue weighted by Crippen LogP contribution is -2.21. The van der Waals surface area contributed by atoms with Gasteiger partial charge in [-0.3, -0.25) is 0 Å². The van der Waals surface area contributed by atoms with Crippen LogP contribution in [0.5, 0.6) is 5.75 Å². The van der Waals surface area contributed by atoms with Crippen molar-refractivity contribution in [1.82, 2.24) is 0 Å². The van der Waals surface area contributed by atoms with Crippen molar-refractivity contribution in [2.24, 2.45) is 11.8 Å². The van der Waals surface area contributed by atoms with Gasteiger partial charge in [-0.15, -0.1) is 0 Å². The van der Waals surface area contributed by atoms with Gasteiger partial charge in [0.15, 0.2) is 0 Å². The lowest BCUT2D eigenvalue weighted by Gasteiger charge is -2.19. The number of rotatable bonds is 10. The van der Waals surface area contributed by atoms with E-state index in [4.69, 9.17) is 21.1 Å². The molecule has 1 aromatic rings. The van der Waals surface area contributed by atoms with Gasteiger partial charge in [0.1, 0.15) is 18.5 Å². The Labute approximate surface area is 165 Å². The Balaban J connectivity index is 1.86. The Hall–Kier alpha value is -1.37. The van der Waals surface area contributed by atoms with E-state index in [-0.39, 0.29) is 18.4 Å². The molecule has 1 aromatic carbocycles. The van der Waals surface area contributed by atoms with E-state index in [0.717, 1.165) is 0 Å². The number of benzene rings is 1. The number of halogens is 1. The molecule has 0 radical (unpaired) electrons. The first-order valence-corrected chi connectivity index (χ1v) is 9.72. The van der Waals surface area contributed by atoms with Gasteiger partial charge in [-0.05, 0) is 37.5 Å². The predicted octanol–water partition coefficient (Wildman–Crippen LogP) is 2.98. The van der Waals surface area contributed by atoms with E-state index in [1.54, 1.807) is 36.4 Å². The SMILES string of the molecule is CCOC/C=C\C[C@@H]1[C@@H](/C=C/[C@@H](O)COc2cccc(Cl)c2)[C@H](O)C[C@@H]1O. The zero-order valence-electron chi connectivity index (χ0n) is 15.6. The molecule has 1 fully saturated rings. The van der Waals surface area contributed by atoms with Crippen LogP contribution >= 0.6 is 11.6 Å². The third-order valence-corrected chi connectivity index (χ3v) is 4.92. The molecule has 0 bridgehead atoms. The van der Waals surface area contributed by atoms with Crippen LogP contribution in [0, 0.1) is 11.8 Å². The zero-order chi connectivity index (χ0) is 19.6. The minimum absolute atomic E-state index is 0.0845. The first kappa shape index (κ1) is 21.9. The molecule has 0 aromatic heterocycles. The highest BCUT2D eigenvalue weighted by Crippen LogP contribution is 2.36. The fraction of sp³-hybridized carbons (Fsp3) is 0.524. The summed E-state index contributed by atoms with van der Waals surface area (Å²) in [6.45, 7) is 3.23. The van der Waals surface area contributed by atoms with Crippen LogP contribution in [-0.2, 0) is 4.74 Å². The Morgan fingerprint density at radius 2 is 2.07 bits per heavy atom. The molecule has 1 aliphatic carbocycles. The summed E-state index contributed by atoms with van der Waals surface area (Å²) in [5.74, 6) is 0.288. The number of aliphatic hydroxyl groups is 3. The van der Waals surface area contributed by atoms with Crippen molar-refractivity contribution >= 4 is 11.6 Å². The summed E-state index contributed by atoms with van der Waals surface area (Å²) in [5, 5.41) is 31.2. The standard InChI is InChI=1S/C21H29ClO5/c1-2-26-11-4-3-8-18-19(21(25)13-20(18)24)10-9-16(23)14-27-17-7-5-6-15(22)12-17/h3-7,9-10,12,16,18-21,23-25H,2,8,11,13-14H2,1H3/b4-3-,10-9+/t16-,18-,19-,20+,21-/m1/s1.